The summed E-state index contributed by atoms with van der Waals surface area (Å²) < 4.78 is 0.897. The van der Waals surface area contributed by atoms with Crippen molar-refractivity contribution in [1.29, 1.82) is 5.26 Å². The summed E-state index contributed by atoms with van der Waals surface area (Å²) in [6.45, 7) is 1.94. The Kier molecular flexibility index (Phi) is 3.85. The second-order valence-electron chi connectivity index (χ2n) is 3.73. The number of halogens is 2. The summed E-state index contributed by atoms with van der Waals surface area (Å²) in [5.41, 5.74) is 2.18. The highest BCUT2D eigenvalue weighted by Gasteiger charge is 2.05. The zero-order chi connectivity index (χ0) is 13.1. The van der Waals surface area contributed by atoms with Crippen LogP contribution in [0.15, 0.2) is 34.8 Å². The fraction of sp³-hybridized carbons (Fsp3) is 0.0769. The van der Waals surface area contributed by atoms with Gasteiger partial charge in [0.15, 0.2) is 0 Å². The normalized spacial score (nSPS) is 9.89. The number of aromatic nitrogens is 1. The van der Waals surface area contributed by atoms with Crippen LogP contribution in [0.5, 0.6) is 0 Å². The first-order valence-corrected chi connectivity index (χ1v) is 6.37. The third-order valence-electron chi connectivity index (χ3n) is 2.37. The van der Waals surface area contributed by atoms with E-state index in [-0.39, 0.29) is 0 Å². The maximum absolute atomic E-state index is 8.79. The Morgan fingerprint density at radius 3 is 2.89 bits per heavy atom. The molecule has 0 saturated carbocycles. The van der Waals surface area contributed by atoms with Gasteiger partial charge in [0.05, 0.1) is 5.69 Å². The molecule has 2 aromatic rings. The van der Waals surface area contributed by atoms with Crippen LogP contribution >= 0.6 is 27.5 Å². The van der Waals surface area contributed by atoms with Crippen LogP contribution < -0.4 is 5.32 Å². The number of nitrogens with one attached hydrogen (secondary N) is 1. The average molecular weight is 323 g/mol. The monoisotopic (exact) mass is 321 g/mol. The molecule has 0 radical (unpaired) electrons. The molecule has 18 heavy (non-hydrogen) atoms. The zero-order valence-electron chi connectivity index (χ0n) is 9.54. The van der Waals surface area contributed by atoms with Crippen molar-refractivity contribution in [1.82, 2.24) is 4.98 Å². The minimum absolute atomic E-state index is 0.370. The number of nitriles is 1. The molecule has 2 rings (SSSR count). The SMILES string of the molecule is Cc1cc(Br)c(Nc2cccc(C#N)n2)cc1Cl. The summed E-state index contributed by atoms with van der Waals surface area (Å²) in [7, 11) is 0. The standard InChI is InChI=1S/C13H9BrClN3/c1-8-5-10(14)12(6-11(8)15)18-13-4-2-3-9(7-16)17-13/h2-6H,1H3,(H,17,18). The van der Waals surface area contributed by atoms with Crippen LogP contribution in [0.25, 0.3) is 0 Å². The smallest absolute Gasteiger partial charge is 0.142 e. The molecule has 1 N–H and O–H groups in total. The molecule has 0 spiro atoms. The number of aryl methyl sites for hydroxylation is 1. The molecule has 3 nitrogen and oxygen atoms in total. The molecule has 0 atom stereocenters. The number of pyridine rings is 1. The third-order valence-corrected chi connectivity index (χ3v) is 3.44. The molecule has 1 heterocycles. The van der Waals surface area contributed by atoms with Gasteiger partial charge in [-0.2, -0.15) is 5.26 Å². The predicted octanol–water partition coefficient (Wildman–Crippen LogP) is 4.42. The van der Waals surface area contributed by atoms with Gasteiger partial charge >= 0.3 is 0 Å². The van der Waals surface area contributed by atoms with Crippen molar-refractivity contribution in [2.75, 3.05) is 5.32 Å². The van der Waals surface area contributed by atoms with E-state index in [2.05, 4.69) is 26.2 Å². The molecule has 0 aliphatic heterocycles. The van der Waals surface area contributed by atoms with E-state index in [4.69, 9.17) is 16.9 Å². The Hall–Kier alpha value is -1.57. The topological polar surface area (TPSA) is 48.7 Å². The molecule has 1 aromatic heterocycles. The number of rotatable bonds is 2. The molecular formula is C13H9BrClN3. The van der Waals surface area contributed by atoms with Crippen molar-refractivity contribution < 1.29 is 0 Å². The van der Waals surface area contributed by atoms with Crippen LogP contribution in [-0.2, 0) is 0 Å². The van der Waals surface area contributed by atoms with Gasteiger partial charge in [0.1, 0.15) is 17.6 Å². The fourth-order valence-electron chi connectivity index (χ4n) is 1.45. The Bertz CT molecular complexity index is 635. The van der Waals surface area contributed by atoms with Gasteiger partial charge in [0.25, 0.3) is 0 Å². The lowest BCUT2D eigenvalue weighted by molar-refractivity contribution is 1.25. The lowest BCUT2D eigenvalue weighted by Gasteiger charge is -2.10. The molecule has 5 heteroatoms. The average Bonchev–Trinajstić information content (AvgIpc) is 2.36. The molecular weight excluding hydrogens is 314 g/mol. The first kappa shape index (κ1) is 12.9. The molecule has 0 saturated heterocycles. The van der Waals surface area contributed by atoms with Crippen LogP contribution in [0.1, 0.15) is 11.3 Å². The van der Waals surface area contributed by atoms with Crippen molar-refractivity contribution >= 4 is 39.0 Å². The highest BCUT2D eigenvalue weighted by atomic mass is 79.9. The maximum Gasteiger partial charge on any atom is 0.142 e. The van der Waals surface area contributed by atoms with Crippen LogP contribution in [0.3, 0.4) is 0 Å². The zero-order valence-corrected chi connectivity index (χ0v) is 11.9. The van der Waals surface area contributed by atoms with Gasteiger partial charge in [-0.15, -0.1) is 0 Å². The largest absolute Gasteiger partial charge is 0.339 e. The van der Waals surface area contributed by atoms with Crippen molar-refractivity contribution in [2.24, 2.45) is 0 Å². The number of hydrogen-bond donors (Lipinski definition) is 1. The highest BCUT2D eigenvalue weighted by Crippen LogP contribution is 2.30. The van der Waals surface area contributed by atoms with Crippen LogP contribution in [0.4, 0.5) is 11.5 Å². The van der Waals surface area contributed by atoms with Crippen molar-refractivity contribution in [3.8, 4) is 6.07 Å². The van der Waals surface area contributed by atoms with Crippen molar-refractivity contribution in [3.63, 3.8) is 0 Å². The maximum atomic E-state index is 8.79. The number of hydrogen-bond acceptors (Lipinski definition) is 3. The van der Waals surface area contributed by atoms with E-state index in [0.717, 1.165) is 15.7 Å². The summed E-state index contributed by atoms with van der Waals surface area (Å²) in [4.78, 5) is 4.14. The molecule has 1 aromatic carbocycles. The quantitative estimate of drug-likeness (QED) is 0.890. The van der Waals surface area contributed by atoms with Gasteiger partial charge in [0, 0.05) is 9.50 Å². The fourth-order valence-corrected chi connectivity index (χ4v) is 2.17. The molecule has 0 fully saturated rings. The lowest BCUT2D eigenvalue weighted by Crippen LogP contribution is -1.96. The van der Waals surface area contributed by atoms with Gasteiger partial charge in [-0.25, -0.2) is 4.98 Å². The first-order valence-electron chi connectivity index (χ1n) is 5.20. The third kappa shape index (κ3) is 2.81. The molecule has 0 unspecified atom stereocenters. The van der Waals surface area contributed by atoms with Crippen LogP contribution in [0.2, 0.25) is 5.02 Å². The number of nitrogens with zero attached hydrogens (tertiary/aromatic N) is 2. The molecule has 0 bridgehead atoms. The van der Waals surface area contributed by atoms with Gasteiger partial charge in [0.2, 0.25) is 0 Å². The predicted molar refractivity (Wildman–Crippen MR) is 76.1 cm³/mol. The van der Waals surface area contributed by atoms with E-state index in [1.807, 2.05) is 25.1 Å². The second-order valence-corrected chi connectivity index (χ2v) is 4.99. The van der Waals surface area contributed by atoms with E-state index in [0.29, 0.717) is 16.5 Å². The minimum Gasteiger partial charge on any atom is -0.339 e. The summed E-state index contributed by atoms with van der Waals surface area (Å²) in [5, 5.41) is 12.6. The Balaban J connectivity index is 2.34. The van der Waals surface area contributed by atoms with E-state index < -0.39 is 0 Å². The number of anilines is 2. The summed E-state index contributed by atoms with van der Waals surface area (Å²) in [5.74, 6) is 0.606. The summed E-state index contributed by atoms with van der Waals surface area (Å²) >= 11 is 9.54. The Morgan fingerprint density at radius 2 is 2.17 bits per heavy atom. The molecule has 90 valence electrons. The van der Waals surface area contributed by atoms with Gasteiger partial charge in [-0.05, 0) is 52.7 Å². The number of benzene rings is 1. The lowest BCUT2D eigenvalue weighted by atomic mass is 10.2. The highest BCUT2D eigenvalue weighted by molar-refractivity contribution is 9.10. The minimum atomic E-state index is 0.370. The van der Waals surface area contributed by atoms with Gasteiger partial charge in [-0.1, -0.05) is 17.7 Å². The van der Waals surface area contributed by atoms with E-state index >= 15 is 0 Å². The van der Waals surface area contributed by atoms with Crippen molar-refractivity contribution in [3.05, 3.63) is 51.1 Å². The Labute approximate surface area is 119 Å². The summed E-state index contributed by atoms with van der Waals surface area (Å²) in [6.07, 6.45) is 0. The molecule has 0 amide bonds. The van der Waals surface area contributed by atoms with Gasteiger partial charge in [-0.3, -0.25) is 0 Å². The second kappa shape index (κ2) is 5.38. The van der Waals surface area contributed by atoms with E-state index in [1.165, 1.54) is 0 Å². The molecule has 0 aliphatic carbocycles. The van der Waals surface area contributed by atoms with E-state index in [9.17, 15) is 0 Å². The molecule has 0 aliphatic rings. The van der Waals surface area contributed by atoms with Crippen LogP contribution in [0, 0.1) is 18.3 Å². The van der Waals surface area contributed by atoms with E-state index in [1.54, 1.807) is 18.2 Å². The van der Waals surface area contributed by atoms with Gasteiger partial charge < -0.3 is 5.32 Å². The van der Waals surface area contributed by atoms with Crippen molar-refractivity contribution in [2.45, 2.75) is 6.92 Å². The summed E-state index contributed by atoms with van der Waals surface area (Å²) in [6, 6.07) is 11.0. The van der Waals surface area contributed by atoms with Crippen LogP contribution in [-0.4, -0.2) is 4.98 Å². The first-order chi connectivity index (χ1) is 8.60. The Morgan fingerprint density at radius 1 is 1.39 bits per heavy atom.